The Morgan fingerprint density at radius 1 is 1.03 bits per heavy atom. The highest BCUT2D eigenvalue weighted by atomic mass is 19.1. The molecule has 4 rings (SSSR count). The average Bonchev–Trinajstić information content (AvgIpc) is 3.20. The van der Waals surface area contributed by atoms with Crippen molar-refractivity contribution in [1.82, 2.24) is 4.90 Å². The van der Waals surface area contributed by atoms with Crippen LogP contribution in [0.3, 0.4) is 0 Å². The van der Waals surface area contributed by atoms with Crippen LogP contribution >= 0.6 is 0 Å². The Hall–Kier alpha value is -2.53. The molecule has 5 heteroatoms. The van der Waals surface area contributed by atoms with E-state index < -0.39 is 0 Å². The molecule has 0 saturated carbocycles. The number of hydrogen-bond acceptors (Lipinski definition) is 3. The number of amides is 1. The summed E-state index contributed by atoms with van der Waals surface area (Å²) in [6.07, 6.45) is 6.56. The lowest BCUT2D eigenvalue weighted by molar-refractivity contribution is -0.118. The minimum atomic E-state index is -0.178. The molecule has 2 aromatic carbocycles. The predicted octanol–water partition coefficient (Wildman–Crippen LogP) is 4.58. The van der Waals surface area contributed by atoms with Crippen LogP contribution < -0.4 is 4.90 Å². The maximum absolute atomic E-state index is 13.3. The number of benzene rings is 2. The van der Waals surface area contributed by atoms with Gasteiger partial charge in [0.2, 0.25) is 5.91 Å². The zero-order chi connectivity index (χ0) is 21.8. The van der Waals surface area contributed by atoms with Crippen molar-refractivity contribution in [2.24, 2.45) is 0 Å². The Kier molecular flexibility index (Phi) is 6.81. The van der Waals surface area contributed by atoms with Crippen molar-refractivity contribution in [3.63, 3.8) is 0 Å². The molecule has 0 aliphatic carbocycles. The molecule has 0 bridgehead atoms. The van der Waals surface area contributed by atoms with Crippen molar-refractivity contribution < 1.29 is 14.0 Å². The fourth-order valence-electron chi connectivity index (χ4n) is 4.73. The van der Waals surface area contributed by atoms with Gasteiger partial charge in [-0.1, -0.05) is 18.6 Å². The minimum Gasteiger partial charge on any atom is -0.312 e. The van der Waals surface area contributed by atoms with Crippen LogP contribution in [-0.4, -0.2) is 43.3 Å². The average molecular weight is 423 g/mol. The number of unbranched alkanes of at least 4 members (excludes halogenated alkanes) is 2. The fourth-order valence-corrected chi connectivity index (χ4v) is 4.73. The number of hydrogen-bond donors (Lipinski definition) is 0. The van der Waals surface area contributed by atoms with Crippen molar-refractivity contribution in [3.8, 4) is 0 Å². The molecule has 0 spiro atoms. The minimum absolute atomic E-state index is 0.178. The maximum Gasteiger partial charge on any atom is 0.227 e. The van der Waals surface area contributed by atoms with Crippen LogP contribution in [0.25, 0.3) is 0 Å². The molecule has 0 atom stereocenters. The molecule has 4 nitrogen and oxygen atoms in total. The molecule has 2 aromatic rings. The number of ketones is 1. The summed E-state index contributed by atoms with van der Waals surface area (Å²) in [5.41, 5.74) is 5.25. The van der Waals surface area contributed by atoms with Gasteiger partial charge in [-0.3, -0.25) is 9.59 Å². The van der Waals surface area contributed by atoms with Gasteiger partial charge in [0, 0.05) is 31.5 Å². The van der Waals surface area contributed by atoms with Gasteiger partial charge < -0.3 is 9.80 Å². The molecule has 2 aliphatic rings. The molecular formula is C26H31FN2O2. The Morgan fingerprint density at radius 3 is 2.65 bits per heavy atom. The third kappa shape index (κ3) is 5.21. The van der Waals surface area contributed by atoms with Crippen molar-refractivity contribution in [2.75, 3.05) is 31.6 Å². The first-order valence-corrected chi connectivity index (χ1v) is 11.4. The van der Waals surface area contributed by atoms with E-state index in [0.717, 1.165) is 86.1 Å². The Balaban J connectivity index is 1.19. The number of halogens is 1. The van der Waals surface area contributed by atoms with Crippen LogP contribution in [0.1, 0.15) is 59.2 Å². The normalized spacial score (nSPS) is 14.9. The van der Waals surface area contributed by atoms with Gasteiger partial charge in [0.05, 0.1) is 5.69 Å². The summed E-state index contributed by atoms with van der Waals surface area (Å²) in [7, 11) is 2.09. The SMILES string of the molecule is CN(CCCCCC(=O)c1cc2c3c(c1)CCN3C(=O)CC2)CCc1cccc(F)c1. The smallest absolute Gasteiger partial charge is 0.227 e. The van der Waals surface area contributed by atoms with Crippen LogP contribution in [0.5, 0.6) is 0 Å². The summed E-state index contributed by atoms with van der Waals surface area (Å²) >= 11 is 0. The number of nitrogens with zero attached hydrogens (tertiary/aromatic N) is 2. The lowest BCUT2D eigenvalue weighted by Crippen LogP contribution is -2.32. The van der Waals surface area contributed by atoms with Crippen molar-refractivity contribution in [3.05, 3.63) is 64.5 Å². The second kappa shape index (κ2) is 9.73. The zero-order valence-corrected chi connectivity index (χ0v) is 18.3. The molecule has 0 saturated heterocycles. The van der Waals surface area contributed by atoms with Gasteiger partial charge in [-0.2, -0.15) is 0 Å². The molecule has 1 amide bonds. The topological polar surface area (TPSA) is 40.6 Å². The number of anilines is 1. The third-order valence-corrected chi connectivity index (χ3v) is 6.49. The molecule has 0 aromatic heterocycles. The molecular weight excluding hydrogens is 391 g/mol. The number of rotatable bonds is 10. The summed E-state index contributed by atoms with van der Waals surface area (Å²) in [6, 6.07) is 10.8. The van der Waals surface area contributed by atoms with Crippen molar-refractivity contribution in [1.29, 1.82) is 0 Å². The zero-order valence-electron chi connectivity index (χ0n) is 18.3. The standard InChI is InChI=1S/C26H31FN2O2/c1-28(14-11-19-6-5-7-23(27)16-19)13-4-2-3-8-24(30)22-17-20-9-10-25(31)29-15-12-21(18-22)26(20)29/h5-7,16-18H,2-4,8-15H2,1H3. The first-order chi connectivity index (χ1) is 15.0. The summed E-state index contributed by atoms with van der Waals surface area (Å²) in [5, 5.41) is 0. The van der Waals surface area contributed by atoms with Crippen LogP contribution in [-0.2, 0) is 24.1 Å². The lowest BCUT2D eigenvalue weighted by atomic mass is 9.94. The third-order valence-electron chi connectivity index (χ3n) is 6.49. The van der Waals surface area contributed by atoms with Gasteiger partial charge in [0.15, 0.2) is 5.78 Å². The maximum atomic E-state index is 13.3. The van der Waals surface area contributed by atoms with E-state index in [9.17, 15) is 14.0 Å². The Morgan fingerprint density at radius 2 is 1.84 bits per heavy atom. The molecule has 164 valence electrons. The highest BCUT2D eigenvalue weighted by molar-refractivity contribution is 6.02. The van der Waals surface area contributed by atoms with Gasteiger partial charge in [-0.05, 0) is 86.7 Å². The van der Waals surface area contributed by atoms with Gasteiger partial charge in [0.25, 0.3) is 0 Å². The van der Waals surface area contributed by atoms with E-state index >= 15 is 0 Å². The predicted molar refractivity (Wildman–Crippen MR) is 121 cm³/mol. The fraction of sp³-hybridized carbons (Fsp3) is 0.462. The molecule has 0 unspecified atom stereocenters. The number of likely N-dealkylation sites (N-methyl/N-ethyl adjacent to an activating group) is 1. The number of carbonyl (C=O) groups excluding carboxylic acids is 2. The molecule has 2 aliphatic heterocycles. The summed E-state index contributed by atoms with van der Waals surface area (Å²) in [4.78, 5) is 29.0. The Labute approximate surface area is 184 Å². The van der Waals surface area contributed by atoms with Crippen LogP contribution in [0.4, 0.5) is 10.1 Å². The van der Waals surface area contributed by atoms with E-state index in [2.05, 4.69) is 11.9 Å². The second-order valence-electron chi connectivity index (χ2n) is 8.86. The van der Waals surface area contributed by atoms with Crippen LogP contribution in [0.2, 0.25) is 0 Å². The first kappa shape index (κ1) is 21.7. The number of carbonyl (C=O) groups is 2. The van der Waals surface area contributed by atoms with Gasteiger partial charge >= 0.3 is 0 Å². The molecule has 0 fully saturated rings. The number of aryl methyl sites for hydroxylation is 1. The highest BCUT2D eigenvalue weighted by Gasteiger charge is 2.31. The molecule has 2 heterocycles. The van der Waals surface area contributed by atoms with Crippen molar-refractivity contribution in [2.45, 2.75) is 51.4 Å². The van der Waals surface area contributed by atoms with E-state index in [1.807, 2.05) is 23.1 Å². The van der Waals surface area contributed by atoms with Gasteiger partial charge in [0.1, 0.15) is 5.82 Å². The Bertz CT molecular complexity index is 972. The molecule has 31 heavy (non-hydrogen) atoms. The quantitative estimate of drug-likeness (QED) is 0.416. The summed E-state index contributed by atoms with van der Waals surface area (Å²) < 4.78 is 13.3. The summed E-state index contributed by atoms with van der Waals surface area (Å²) in [5.74, 6) is 0.253. The van der Waals surface area contributed by atoms with E-state index in [-0.39, 0.29) is 17.5 Å². The summed E-state index contributed by atoms with van der Waals surface area (Å²) in [6.45, 7) is 2.64. The van der Waals surface area contributed by atoms with E-state index in [1.165, 1.54) is 6.07 Å². The lowest BCUT2D eigenvalue weighted by Gasteiger charge is -2.25. The second-order valence-corrected chi connectivity index (χ2v) is 8.86. The van der Waals surface area contributed by atoms with E-state index in [1.54, 1.807) is 12.1 Å². The highest BCUT2D eigenvalue weighted by Crippen LogP contribution is 2.37. The monoisotopic (exact) mass is 422 g/mol. The van der Waals surface area contributed by atoms with Gasteiger partial charge in [-0.15, -0.1) is 0 Å². The molecule has 0 N–H and O–H groups in total. The van der Waals surface area contributed by atoms with Crippen LogP contribution in [0, 0.1) is 5.82 Å². The van der Waals surface area contributed by atoms with Crippen LogP contribution in [0.15, 0.2) is 36.4 Å². The largest absolute Gasteiger partial charge is 0.312 e. The van der Waals surface area contributed by atoms with Gasteiger partial charge in [-0.25, -0.2) is 4.39 Å². The van der Waals surface area contributed by atoms with E-state index in [4.69, 9.17) is 0 Å². The number of Topliss-reactive ketones (excluding diaryl/α,β-unsaturated/α-hetero) is 1. The molecule has 0 radical (unpaired) electrons. The first-order valence-electron chi connectivity index (χ1n) is 11.4. The van der Waals surface area contributed by atoms with Crippen molar-refractivity contribution >= 4 is 17.4 Å². The van der Waals surface area contributed by atoms with E-state index in [0.29, 0.717) is 12.8 Å².